The number of carbonyl (C=O) groups excluding carboxylic acids is 2. The summed E-state index contributed by atoms with van der Waals surface area (Å²) in [4.78, 5) is 24.8. The Labute approximate surface area is 153 Å². The van der Waals surface area contributed by atoms with Crippen molar-refractivity contribution in [1.29, 1.82) is 0 Å². The lowest BCUT2D eigenvalue weighted by atomic mass is 10.2. The number of nitrogens with one attached hydrogen (secondary N) is 1. The van der Waals surface area contributed by atoms with Gasteiger partial charge in [-0.15, -0.1) is 11.3 Å². The number of fused-ring (bicyclic) bond motifs is 1. The molecule has 1 amide bonds. The maximum atomic E-state index is 13.7. The van der Waals surface area contributed by atoms with Gasteiger partial charge in [0.1, 0.15) is 16.4 Å². The Morgan fingerprint density at radius 2 is 1.92 bits per heavy atom. The van der Waals surface area contributed by atoms with Crippen molar-refractivity contribution in [2.24, 2.45) is 0 Å². The molecule has 0 saturated heterocycles. The Morgan fingerprint density at radius 3 is 2.65 bits per heavy atom. The van der Waals surface area contributed by atoms with E-state index < -0.39 is 23.8 Å². The molecule has 1 N–H and O–H groups in total. The summed E-state index contributed by atoms with van der Waals surface area (Å²) < 4.78 is 24.8. The van der Waals surface area contributed by atoms with E-state index >= 15 is 0 Å². The molecular weight excluding hydrogens is 357 g/mol. The Balaban J connectivity index is 1.69. The molecule has 1 atom stereocenters. The first-order valence-corrected chi connectivity index (χ1v) is 8.64. The number of rotatable bonds is 5. The summed E-state index contributed by atoms with van der Waals surface area (Å²) in [6.45, 7) is 1.47. The molecule has 0 radical (unpaired) electrons. The van der Waals surface area contributed by atoms with Crippen LogP contribution in [-0.4, -0.2) is 25.1 Å². The van der Waals surface area contributed by atoms with Crippen LogP contribution in [0.5, 0.6) is 5.75 Å². The van der Waals surface area contributed by atoms with Crippen molar-refractivity contribution >= 4 is 39.0 Å². The third kappa shape index (κ3) is 3.67. The predicted octanol–water partition coefficient (Wildman–Crippen LogP) is 4.23. The van der Waals surface area contributed by atoms with Crippen LogP contribution in [0.1, 0.15) is 16.6 Å². The molecular formula is C19H16FNO4S. The Morgan fingerprint density at radius 1 is 1.15 bits per heavy atom. The molecule has 5 nitrogen and oxygen atoms in total. The van der Waals surface area contributed by atoms with E-state index in [0.717, 1.165) is 11.3 Å². The van der Waals surface area contributed by atoms with Gasteiger partial charge in [0, 0.05) is 10.1 Å². The Bertz CT molecular complexity index is 969. The average Bonchev–Trinajstić information content (AvgIpc) is 3.08. The number of ether oxygens (including phenoxy) is 2. The van der Waals surface area contributed by atoms with Crippen LogP contribution in [0, 0.1) is 5.82 Å². The molecule has 0 bridgehead atoms. The summed E-state index contributed by atoms with van der Waals surface area (Å²) >= 11 is 1.12. The lowest BCUT2D eigenvalue weighted by Gasteiger charge is -2.14. The summed E-state index contributed by atoms with van der Waals surface area (Å²) in [7, 11) is 1.50. The second kappa shape index (κ2) is 7.53. The lowest BCUT2D eigenvalue weighted by Crippen LogP contribution is -2.29. The first-order valence-electron chi connectivity index (χ1n) is 7.82. The number of carbonyl (C=O) groups is 2. The summed E-state index contributed by atoms with van der Waals surface area (Å²) in [6, 6.07) is 13.0. The van der Waals surface area contributed by atoms with Gasteiger partial charge in [-0.05, 0) is 37.3 Å². The van der Waals surface area contributed by atoms with Crippen LogP contribution in [0.4, 0.5) is 10.1 Å². The number of halogens is 1. The number of hydrogen-bond acceptors (Lipinski definition) is 5. The number of amides is 1. The first-order chi connectivity index (χ1) is 12.5. The van der Waals surface area contributed by atoms with Gasteiger partial charge < -0.3 is 14.8 Å². The molecule has 3 aromatic rings. The molecule has 0 saturated carbocycles. The molecule has 134 valence electrons. The van der Waals surface area contributed by atoms with E-state index in [9.17, 15) is 14.0 Å². The zero-order chi connectivity index (χ0) is 18.7. The smallest absolute Gasteiger partial charge is 0.349 e. The van der Waals surface area contributed by atoms with Crippen LogP contribution >= 0.6 is 11.3 Å². The zero-order valence-electron chi connectivity index (χ0n) is 14.1. The molecule has 0 aliphatic carbocycles. The number of esters is 1. The van der Waals surface area contributed by atoms with Gasteiger partial charge in [-0.3, -0.25) is 4.79 Å². The third-order valence-corrected chi connectivity index (χ3v) is 4.81. The summed E-state index contributed by atoms with van der Waals surface area (Å²) in [6.07, 6.45) is -1.03. The number of anilines is 1. The normalized spacial score (nSPS) is 11.8. The number of hydrogen-bond donors (Lipinski definition) is 1. The van der Waals surface area contributed by atoms with Crippen LogP contribution < -0.4 is 10.1 Å². The average molecular weight is 373 g/mol. The fourth-order valence-electron chi connectivity index (χ4n) is 2.38. The standard InChI is InChI=1S/C19H16FNO4S/c1-11(18(22)21-14-7-3-4-8-15(14)24-2)25-19(23)17-10-12-13(20)6-5-9-16(12)26-17/h3-11H,1-2H3,(H,21,22)/t11-/m0/s1. The molecule has 1 heterocycles. The van der Waals surface area contributed by atoms with E-state index in [0.29, 0.717) is 21.5 Å². The fourth-order valence-corrected chi connectivity index (χ4v) is 3.34. The van der Waals surface area contributed by atoms with Crippen molar-refractivity contribution in [2.75, 3.05) is 12.4 Å². The van der Waals surface area contributed by atoms with Crippen LogP contribution in [-0.2, 0) is 9.53 Å². The fraction of sp³-hybridized carbons (Fsp3) is 0.158. The van der Waals surface area contributed by atoms with Gasteiger partial charge in [0.25, 0.3) is 5.91 Å². The van der Waals surface area contributed by atoms with Crippen LogP contribution in [0.15, 0.2) is 48.5 Å². The predicted molar refractivity (Wildman–Crippen MR) is 98.3 cm³/mol. The Hall–Kier alpha value is -2.93. The molecule has 0 spiro atoms. The minimum Gasteiger partial charge on any atom is -0.495 e. The minimum atomic E-state index is -1.03. The van der Waals surface area contributed by atoms with Gasteiger partial charge in [-0.1, -0.05) is 18.2 Å². The highest BCUT2D eigenvalue weighted by molar-refractivity contribution is 7.20. The number of para-hydroxylation sites is 2. The quantitative estimate of drug-likeness (QED) is 0.680. The molecule has 0 aliphatic heterocycles. The van der Waals surface area contributed by atoms with Gasteiger partial charge in [-0.2, -0.15) is 0 Å². The third-order valence-electron chi connectivity index (χ3n) is 3.73. The molecule has 0 aliphatic rings. The molecule has 1 aromatic heterocycles. The largest absolute Gasteiger partial charge is 0.495 e. The van der Waals surface area contributed by atoms with Gasteiger partial charge in [0.05, 0.1) is 12.8 Å². The van der Waals surface area contributed by atoms with E-state index in [1.807, 2.05) is 0 Å². The number of benzene rings is 2. The molecule has 3 rings (SSSR count). The van der Waals surface area contributed by atoms with Crippen LogP contribution in [0.3, 0.4) is 0 Å². The molecule has 2 aromatic carbocycles. The minimum absolute atomic E-state index is 0.238. The highest BCUT2D eigenvalue weighted by Crippen LogP contribution is 2.28. The lowest BCUT2D eigenvalue weighted by molar-refractivity contribution is -0.123. The second-order valence-corrected chi connectivity index (χ2v) is 6.58. The molecule has 0 fully saturated rings. The SMILES string of the molecule is COc1ccccc1NC(=O)[C@H](C)OC(=O)c1cc2c(F)cccc2s1. The summed E-state index contributed by atoms with van der Waals surface area (Å²) in [5.41, 5.74) is 0.479. The van der Waals surface area contributed by atoms with Gasteiger partial charge in [0.2, 0.25) is 0 Å². The first kappa shape index (κ1) is 17.9. The zero-order valence-corrected chi connectivity index (χ0v) is 14.9. The highest BCUT2D eigenvalue weighted by Gasteiger charge is 2.21. The van der Waals surface area contributed by atoms with Gasteiger partial charge in [-0.25, -0.2) is 9.18 Å². The van der Waals surface area contributed by atoms with E-state index in [-0.39, 0.29) is 4.88 Å². The second-order valence-electron chi connectivity index (χ2n) is 5.50. The topological polar surface area (TPSA) is 64.6 Å². The number of methoxy groups -OCH3 is 1. The van der Waals surface area contributed by atoms with E-state index in [1.165, 1.54) is 26.2 Å². The van der Waals surface area contributed by atoms with Crippen molar-refractivity contribution < 1.29 is 23.5 Å². The van der Waals surface area contributed by atoms with Crippen LogP contribution in [0.2, 0.25) is 0 Å². The van der Waals surface area contributed by atoms with E-state index in [2.05, 4.69) is 5.32 Å². The van der Waals surface area contributed by atoms with Crippen molar-refractivity contribution in [3.05, 3.63) is 59.2 Å². The van der Waals surface area contributed by atoms with E-state index in [1.54, 1.807) is 36.4 Å². The maximum Gasteiger partial charge on any atom is 0.349 e. The van der Waals surface area contributed by atoms with Crippen molar-refractivity contribution in [3.63, 3.8) is 0 Å². The molecule has 0 unspecified atom stereocenters. The van der Waals surface area contributed by atoms with Crippen molar-refractivity contribution in [1.82, 2.24) is 0 Å². The summed E-state index contributed by atoms with van der Waals surface area (Å²) in [5.74, 6) is -1.07. The molecule has 7 heteroatoms. The highest BCUT2D eigenvalue weighted by atomic mass is 32.1. The van der Waals surface area contributed by atoms with Gasteiger partial charge in [0.15, 0.2) is 6.10 Å². The van der Waals surface area contributed by atoms with Crippen LogP contribution in [0.25, 0.3) is 10.1 Å². The summed E-state index contributed by atoms with van der Waals surface area (Å²) in [5, 5.41) is 3.01. The van der Waals surface area contributed by atoms with Crippen molar-refractivity contribution in [3.8, 4) is 5.75 Å². The molecule has 26 heavy (non-hydrogen) atoms. The maximum absolute atomic E-state index is 13.7. The Kier molecular flexibility index (Phi) is 5.18. The monoisotopic (exact) mass is 373 g/mol. The van der Waals surface area contributed by atoms with Crippen molar-refractivity contribution in [2.45, 2.75) is 13.0 Å². The van der Waals surface area contributed by atoms with Gasteiger partial charge >= 0.3 is 5.97 Å². The van der Waals surface area contributed by atoms with E-state index in [4.69, 9.17) is 9.47 Å². The number of thiophene rings is 1.